The topological polar surface area (TPSA) is 99.0 Å². The summed E-state index contributed by atoms with van der Waals surface area (Å²) in [5, 5.41) is 10.9. The number of nitrogens with zero attached hydrogens (tertiary/aromatic N) is 2. The van der Waals surface area contributed by atoms with Crippen molar-refractivity contribution in [3.63, 3.8) is 0 Å². The Labute approximate surface area is 130 Å². The lowest BCUT2D eigenvalue weighted by Gasteiger charge is -2.19. The summed E-state index contributed by atoms with van der Waals surface area (Å²) in [4.78, 5) is 36.7. The van der Waals surface area contributed by atoms with E-state index in [1.807, 2.05) is 0 Å². The maximum absolute atomic E-state index is 12.7. The number of nitro groups is 1. The Morgan fingerprint density at radius 3 is 2.30 bits per heavy atom. The lowest BCUT2D eigenvalue weighted by Crippen LogP contribution is -2.34. The van der Waals surface area contributed by atoms with Crippen LogP contribution in [0.15, 0.2) is 30.4 Å². The minimum atomic E-state index is -0.563. The van der Waals surface area contributed by atoms with E-state index in [-0.39, 0.29) is 41.1 Å². The SMILES string of the molecule is COc1cc([N+](=O)[O-])ccc1N1C(=O)[C@@H]2[C@@H](C1=O)[C@H]1C=C[C@H]2O1. The third-order valence-electron chi connectivity index (χ3n) is 4.53. The van der Waals surface area contributed by atoms with Gasteiger partial charge in [-0.05, 0) is 6.07 Å². The smallest absolute Gasteiger partial charge is 0.273 e. The van der Waals surface area contributed by atoms with Crippen LogP contribution >= 0.6 is 0 Å². The number of nitro benzene ring substituents is 1. The third-order valence-corrected chi connectivity index (χ3v) is 4.53. The maximum Gasteiger partial charge on any atom is 0.273 e. The van der Waals surface area contributed by atoms with E-state index in [9.17, 15) is 19.7 Å². The lowest BCUT2D eigenvalue weighted by atomic mass is 9.85. The van der Waals surface area contributed by atoms with Crippen molar-refractivity contribution >= 4 is 23.2 Å². The number of hydrogen-bond acceptors (Lipinski definition) is 6. The van der Waals surface area contributed by atoms with Gasteiger partial charge in [0.15, 0.2) is 0 Å². The van der Waals surface area contributed by atoms with E-state index in [1.165, 1.54) is 25.3 Å². The van der Waals surface area contributed by atoms with Crippen LogP contribution < -0.4 is 9.64 Å². The molecule has 1 aromatic carbocycles. The zero-order chi connectivity index (χ0) is 16.3. The zero-order valence-electron chi connectivity index (χ0n) is 12.0. The minimum absolute atomic E-state index is 0.113. The van der Waals surface area contributed by atoms with Crippen molar-refractivity contribution in [1.82, 2.24) is 0 Å². The molecule has 118 valence electrons. The number of amides is 2. The molecule has 1 aromatic rings. The van der Waals surface area contributed by atoms with Crippen LogP contribution in [0, 0.1) is 22.0 Å². The van der Waals surface area contributed by atoms with Crippen molar-refractivity contribution < 1.29 is 24.0 Å². The maximum atomic E-state index is 12.7. The highest BCUT2D eigenvalue weighted by Gasteiger charge is 2.61. The van der Waals surface area contributed by atoms with Gasteiger partial charge in [0.05, 0.1) is 47.8 Å². The molecule has 2 amide bonds. The number of carbonyl (C=O) groups is 2. The highest BCUT2D eigenvalue weighted by Crippen LogP contribution is 2.47. The van der Waals surface area contributed by atoms with Crippen molar-refractivity contribution in [3.8, 4) is 5.75 Å². The summed E-state index contributed by atoms with van der Waals surface area (Å²) in [6.45, 7) is 0. The van der Waals surface area contributed by atoms with E-state index < -0.39 is 16.8 Å². The number of methoxy groups -OCH3 is 1. The Bertz CT molecular complexity index is 743. The molecule has 0 unspecified atom stereocenters. The van der Waals surface area contributed by atoms with Crippen molar-refractivity contribution in [2.24, 2.45) is 11.8 Å². The standard InChI is InChI=1S/C15H12N2O6/c1-22-11-6-7(17(20)21)2-3-8(11)16-14(18)12-9-4-5-10(23-9)13(12)15(16)19/h2-6,9-10,12-13H,1H3/t9-,10-,12+,13+/m1/s1. The van der Waals surface area contributed by atoms with Crippen molar-refractivity contribution in [2.75, 3.05) is 12.0 Å². The highest BCUT2D eigenvalue weighted by molar-refractivity contribution is 6.23. The summed E-state index contributed by atoms with van der Waals surface area (Å²) < 4.78 is 10.7. The van der Waals surface area contributed by atoms with Gasteiger partial charge in [0.2, 0.25) is 11.8 Å². The fourth-order valence-corrected chi connectivity index (χ4v) is 3.51. The second-order valence-electron chi connectivity index (χ2n) is 5.63. The third kappa shape index (κ3) is 1.75. The van der Waals surface area contributed by atoms with Gasteiger partial charge in [0.25, 0.3) is 5.69 Å². The fourth-order valence-electron chi connectivity index (χ4n) is 3.51. The second kappa shape index (κ2) is 4.63. The first-order valence-electron chi connectivity index (χ1n) is 7.07. The molecule has 3 heterocycles. The Morgan fingerprint density at radius 1 is 1.17 bits per heavy atom. The molecule has 0 saturated carbocycles. The fraction of sp³-hybridized carbons (Fsp3) is 0.333. The highest BCUT2D eigenvalue weighted by atomic mass is 16.6. The Kier molecular flexibility index (Phi) is 2.79. The average molecular weight is 316 g/mol. The molecular formula is C15H12N2O6. The number of ether oxygens (including phenoxy) is 2. The van der Waals surface area contributed by atoms with Gasteiger partial charge in [-0.3, -0.25) is 19.7 Å². The lowest BCUT2D eigenvalue weighted by molar-refractivity contribution is -0.384. The first-order chi connectivity index (χ1) is 11.0. The number of hydrogen-bond donors (Lipinski definition) is 0. The number of anilines is 1. The molecule has 8 nitrogen and oxygen atoms in total. The molecule has 0 aliphatic carbocycles. The van der Waals surface area contributed by atoms with E-state index in [1.54, 1.807) is 12.2 Å². The van der Waals surface area contributed by atoms with Crippen LogP contribution in [0.25, 0.3) is 0 Å². The summed E-state index contributed by atoms with van der Waals surface area (Å²) in [6, 6.07) is 3.81. The molecule has 0 N–H and O–H groups in total. The second-order valence-corrected chi connectivity index (χ2v) is 5.63. The van der Waals surface area contributed by atoms with Crippen LogP contribution in [0.3, 0.4) is 0 Å². The van der Waals surface area contributed by atoms with E-state index in [4.69, 9.17) is 9.47 Å². The van der Waals surface area contributed by atoms with Crippen LogP contribution in [0.4, 0.5) is 11.4 Å². The summed E-state index contributed by atoms with van der Waals surface area (Å²) in [5.41, 5.74) is 0.0526. The Morgan fingerprint density at radius 2 is 1.78 bits per heavy atom. The molecule has 23 heavy (non-hydrogen) atoms. The predicted octanol–water partition coefficient (Wildman–Crippen LogP) is 1.05. The van der Waals surface area contributed by atoms with E-state index in [0.29, 0.717) is 0 Å². The molecule has 0 spiro atoms. The van der Waals surface area contributed by atoms with Gasteiger partial charge >= 0.3 is 0 Å². The number of carbonyl (C=O) groups excluding carboxylic acids is 2. The van der Waals surface area contributed by atoms with Crippen LogP contribution in [-0.2, 0) is 14.3 Å². The van der Waals surface area contributed by atoms with E-state index in [0.717, 1.165) is 4.90 Å². The predicted molar refractivity (Wildman–Crippen MR) is 76.9 cm³/mol. The number of rotatable bonds is 3. The van der Waals surface area contributed by atoms with Crippen LogP contribution in [0.5, 0.6) is 5.75 Å². The number of non-ortho nitro benzene ring substituents is 1. The minimum Gasteiger partial charge on any atom is -0.494 e. The van der Waals surface area contributed by atoms with Crippen molar-refractivity contribution in [1.29, 1.82) is 0 Å². The van der Waals surface area contributed by atoms with Gasteiger partial charge in [-0.25, -0.2) is 4.90 Å². The quantitative estimate of drug-likeness (QED) is 0.358. The molecule has 0 radical (unpaired) electrons. The van der Waals surface area contributed by atoms with Crippen molar-refractivity contribution in [2.45, 2.75) is 12.2 Å². The first kappa shape index (κ1) is 13.9. The molecule has 2 fully saturated rings. The van der Waals surface area contributed by atoms with Gasteiger partial charge in [-0.2, -0.15) is 0 Å². The molecule has 3 aliphatic heterocycles. The van der Waals surface area contributed by atoms with Crippen molar-refractivity contribution in [3.05, 3.63) is 40.5 Å². The van der Waals surface area contributed by atoms with E-state index >= 15 is 0 Å². The summed E-state index contributed by atoms with van der Waals surface area (Å²) in [5.74, 6) is -1.66. The molecular weight excluding hydrogens is 304 g/mol. The van der Waals surface area contributed by atoms with Crippen LogP contribution in [0.1, 0.15) is 0 Å². The molecule has 0 aromatic heterocycles. The van der Waals surface area contributed by atoms with Gasteiger partial charge in [-0.1, -0.05) is 12.2 Å². The molecule has 2 saturated heterocycles. The molecule has 4 rings (SSSR count). The zero-order valence-corrected chi connectivity index (χ0v) is 12.0. The summed E-state index contributed by atoms with van der Waals surface area (Å²) in [6.07, 6.45) is 2.84. The molecule has 3 aliphatic rings. The summed E-state index contributed by atoms with van der Waals surface area (Å²) in [7, 11) is 1.34. The van der Waals surface area contributed by atoms with Crippen LogP contribution in [0.2, 0.25) is 0 Å². The Hall–Kier alpha value is -2.74. The van der Waals surface area contributed by atoms with Gasteiger partial charge in [-0.15, -0.1) is 0 Å². The normalized spacial score (nSPS) is 30.9. The average Bonchev–Trinajstić information content (AvgIpc) is 3.21. The van der Waals surface area contributed by atoms with Gasteiger partial charge in [0.1, 0.15) is 5.75 Å². The monoisotopic (exact) mass is 316 g/mol. The molecule has 8 heteroatoms. The Balaban J connectivity index is 1.76. The van der Waals surface area contributed by atoms with Gasteiger partial charge in [0, 0.05) is 6.07 Å². The van der Waals surface area contributed by atoms with Gasteiger partial charge < -0.3 is 9.47 Å². The number of fused-ring (bicyclic) bond motifs is 5. The van der Waals surface area contributed by atoms with E-state index in [2.05, 4.69) is 0 Å². The molecule has 4 atom stereocenters. The summed E-state index contributed by atoms with van der Waals surface area (Å²) >= 11 is 0. The molecule has 2 bridgehead atoms. The number of benzene rings is 1. The van der Waals surface area contributed by atoms with Crippen LogP contribution in [-0.4, -0.2) is 36.1 Å². The first-order valence-corrected chi connectivity index (χ1v) is 7.07. The number of imide groups is 1. The largest absolute Gasteiger partial charge is 0.494 e.